The van der Waals surface area contributed by atoms with Crippen LogP contribution >= 0.6 is 0 Å². The van der Waals surface area contributed by atoms with E-state index in [-0.39, 0.29) is 19.4 Å². The molecule has 0 spiro atoms. The SMILES string of the molecule is CC/C=C/C=C/C=C/CCCCCCCCCC(=O)OC1C(OCC(NC(=O)C(O)CCCCCCCC/C=C/C/C=C/CC)C(O)/C=C/CCCCCCCCCCCC)OC(CO)C(O)C1O. The van der Waals surface area contributed by atoms with E-state index in [9.17, 15) is 35.1 Å². The minimum Gasteiger partial charge on any atom is -0.454 e. The van der Waals surface area contributed by atoms with E-state index in [4.69, 9.17) is 14.2 Å². The highest BCUT2D eigenvalue weighted by molar-refractivity contribution is 5.80. The van der Waals surface area contributed by atoms with Crippen molar-refractivity contribution in [2.24, 2.45) is 0 Å². The zero-order valence-electron chi connectivity index (χ0n) is 43.7. The Morgan fingerprint density at radius 2 is 1.12 bits per heavy atom. The Hall–Kier alpha value is -2.90. The molecular formula is C58H101NO10. The van der Waals surface area contributed by atoms with E-state index < -0.39 is 67.4 Å². The zero-order chi connectivity index (χ0) is 50.4. The second-order valence-corrected chi connectivity index (χ2v) is 19.0. The third kappa shape index (κ3) is 35.0. The van der Waals surface area contributed by atoms with Gasteiger partial charge in [-0.15, -0.1) is 0 Å². The minimum absolute atomic E-state index is 0.107. The average molecular weight is 972 g/mol. The molecule has 1 amide bonds. The molecule has 8 unspecified atom stereocenters. The van der Waals surface area contributed by atoms with Gasteiger partial charge < -0.3 is 45.1 Å². The maximum absolute atomic E-state index is 13.3. The van der Waals surface area contributed by atoms with Gasteiger partial charge in [0.05, 0.1) is 25.4 Å². The van der Waals surface area contributed by atoms with Gasteiger partial charge in [-0.3, -0.25) is 9.59 Å². The number of carbonyl (C=O) groups is 2. The lowest BCUT2D eigenvalue weighted by Gasteiger charge is -2.41. The number of hydrogen-bond acceptors (Lipinski definition) is 10. The van der Waals surface area contributed by atoms with Crippen molar-refractivity contribution in [2.45, 2.75) is 269 Å². The molecule has 0 aromatic heterocycles. The van der Waals surface area contributed by atoms with Crippen LogP contribution in [-0.2, 0) is 23.8 Å². The molecule has 1 saturated heterocycles. The van der Waals surface area contributed by atoms with Crippen molar-refractivity contribution in [3.63, 3.8) is 0 Å². The van der Waals surface area contributed by atoms with Crippen LogP contribution in [0, 0.1) is 0 Å². The summed E-state index contributed by atoms with van der Waals surface area (Å²) >= 11 is 0. The highest BCUT2D eigenvalue weighted by Gasteiger charge is 2.47. The normalized spacial score (nSPS) is 20.4. The van der Waals surface area contributed by atoms with E-state index in [1.54, 1.807) is 6.08 Å². The summed E-state index contributed by atoms with van der Waals surface area (Å²) in [6, 6.07) is -1.03. The number of unbranched alkanes of at least 4 members (excludes halogenated alkanes) is 23. The first-order valence-electron chi connectivity index (χ1n) is 27.7. The number of allylic oxidation sites excluding steroid dienone is 11. The highest BCUT2D eigenvalue weighted by Crippen LogP contribution is 2.26. The van der Waals surface area contributed by atoms with Crippen molar-refractivity contribution in [1.29, 1.82) is 0 Å². The van der Waals surface area contributed by atoms with E-state index in [0.717, 1.165) is 122 Å². The molecule has 11 heteroatoms. The van der Waals surface area contributed by atoms with Crippen molar-refractivity contribution < 1.29 is 49.3 Å². The molecular weight excluding hydrogens is 871 g/mol. The maximum atomic E-state index is 13.3. The predicted molar refractivity (Wildman–Crippen MR) is 283 cm³/mol. The number of amides is 1. The van der Waals surface area contributed by atoms with Crippen LogP contribution in [0.4, 0.5) is 0 Å². The van der Waals surface area contributed by atoms with Crippen LogP contribution in [0.5, 0.6) is 0 Å². The minimum atomic E-state index is -1.62. The standard InChI is InChI=1S/C58H101NO10/c1-4-7-10-13-16-19-22-25-26-28-31-34-37-40-43-46-53(63)69-56-55(65)54(64)52(47-60)68-58(56)67-48-49(50(61)44-41-38-35-32-29-24-21-18-15-12-9-6-3)59-57(66)51(62)45-42-39-36-33-30-27-23-20-17-14-11-8-5-2/h7-8,10-11,13,16-17,19-20,22,41,44,49-52,54-56,58,60-62,64-65H,4-6,9,12,14-15,18,21,23-40,42-43,45-48H2,1-3H3,(H,59,66)/b10-7+,11-8+,16-13+,20-17+,22-19+,44-41+. The lowest BCUT2D eigenvalue weighted by Crippen LogP contribution is -2.61. The summed E-state index contributed by atoms with van der Waals surface area (Å²) in [4.78, 5) is 26.4. The quantitative estimate of drug-likeness (QED) is 0.0149. The van der Waals surface area contributed by atoms with Crippen LogP contribution in [0.1, 0.15) is 220 Å². The number of rotatable bonds is 45. The fourth-order valence-electron chi connectivity index (χ4n) is 8.28. The van der Waals surface area contributed by atoms with Gasteiger partial charge in [0.2, 0.25) is 5.91 Å². The van der Waals surface area contributed by atoms with Crippen LogP contribution < -0.4 is 5.32 Å². The number of esters is 1. The van der Waals surface area contributed by atoms with Crippen molar-refractivity contribution >= 4 is 11.9 Å². The Morgan fingerprint density at radius 3 is 1.71 bits per heavy atom. The monoisotopic (exact) mass is 972 g/mol. The summed E-state index contributed by atoms with van der Waals surface area (Å²) < 4.78 is 17.5. The Balaban J connectivity index is 2.76. The number of hydrogen-bond donors (Lipinski definition) is 6. The Kier molecular flexibility index (Phi) is 42.9. The van der Waals surface area contributed by atoms with Crippen LogP contribution in [0.25, 0.3) is 0 Å². The van der Waals surface area contributed by atoms with Gasteiger partial charge in [-0.1, -0.05) is 216 Å². The van der Waals surface area contributed by atoms with Gasteiger partial charge >= 0.3 is 5.97 Å². The Labute approximate surface area is 420 Å². The molecule has 398 valence electrons. The van der Waals surface area contributed by atoms with Crippen LogP contribution in [0.3, 0.4) is 0 Å². The molecule has 1 aliphatic rings. The number of aliphatic hydroxyl groups is 5. The van der Waals surface area contributed by atoms with Crippen molar-refractivity contribution in [3.8, 4) is 0 Å². The van der Waals surface area contributed by atoms with Gasteiger partial charge in [-0.2, -0.15) is 0 Å². The number of nitrogens with one attached hydrogen (secondary N) is 1. The highest BCUT2D eigenvalue weighted by atomic mass is 16.7. The first-order valence-corrected chi connectivity index (χ1v) is 27.7. The van der Waals surface area contributed by atoms with E-state index >= 15 is 0 Å². The maximum Gasteiger partial charge on any atom is 0.306 e. The number of ether oxygens (including phenoxy) is 3. The zero-order valence-corrected chi connectivity index (χ0v) is 43.7. The smallest absolute Gasteiger partial charge is 0.306 e. The molecule has 0 aliphatic carbocycles. The molecule has 1 fully saturated rings. The molecule has 0 aromatic rings. The lowest BCUT2D eigenvalue weighted by molar-refractivity contribution is -0.305. The van der Waals surface area contributed by atoms with E-state index in [0.29, 0.717) is 12.8 Å². The summed E-state index contributed by atoms with van der Waals surface area (Å²) in [6.45, 7) is 5.51. The van der Waals surface area contributed by atoms with Crippen LogP contribution in [0.15, 0.2) is 72.9 Å². The third-order valence-corrected chi connectivity index (χ3v) is 12.7. The molecule has 69 heavy (non-hydrogen) atoms. The topological polar surface area (TPSA) is 175 Å². The molecule has 11 nitrogen and oxygen atoms in total. The summed E-state index contributed by atoms with van der Waals surface area (Å²) in [7, 11) is 0. The van der Waals surface area contributed by atoms with Crippen molar-refractivity contribution in [1.82, 2.24) is 5.32 Å². The van der Waals surface area contributed by atoms with E-state index in [1.165, 1.54) is 51.4 Å². The molecule has 0 radical (unpaired) electrons. The van der Waals surface area contributed by atoms with Crippen molar-refractivity contribution in [2.75, 3.05) is 13.2 Å². The fourth-order valence-corrected chi connectivity index (χ4v) is 8.28. The van der Waals surface area contributed by atoms with Crippen LogP contribution in [0.2, 0.25) is 0 Å². The van der Waals surface area contributed by atoms with E-state index in [2.05, 4.69) is 80.8 Å². The van der Waals surface area contributed by atoms with Gasteiger partial charge in [0.1, 0.15) is 24.4 Å². The Morgan fingerprint density at radius 1 is 0.594 bits per heavy atom. The molecule has 1 aliphatic heterocycles. The van der Waals surface area contributed by atoms with Gasteiger partial charge in [0.15, 0.2) is 12.4 Å². The molecule has 1 rings (SSSR count). The number of carbonyl (C=O) groups excluding carboxylic acids is 2. The first-order chi connectivity index (χ1) is 33.7. The van der Waals surface area contributed by atoms with Gasteiger partial charge in [-0.25, -0.2) is 0 Å². The molecule has 0 bridgehead atoms. The Bertz CT molecular complexity index is 1390. The predicted octanol–water partition coefficient (Wildman–Crippen LogP) is 12.1. The second kappa shape index (κ2) is 46.2. The molecule has 0 aromatic carbocycles. The van der Waals surface area contributed by atoms with Gasteiger partial charge in [0.25, 0.3) is 0 Å². The summed E-state index contributed by atoms with van der Waals surface area (Å²) in [5, 5.41) is 56.7. The van der Waals surface area contributed by atoms with Crippen LogP contribution in [-0.4, -0.2) is 99.6 Å². The third-order valence-electron chi connectivity index (χ3n) is 12.7. The summed E-state index contributed by atoms with van der Waals surface area (Å²) in [5.74, 6) is -1.22. The fraction of sp³-hybridized carbons (Fsp3) is 0.759. The van der Waals surface area contributed by atoms with Crippen molar-refractivity contribution in [3.05, 3.63) is 72.9 Å². The first kappa shape index (κ1) is 64.1. The summed E-state index contributed by atoms with van der Waals surface area (Å²) in [6.07, 6.45) is 46.6. The second-order valence-electron chi connectivity index (χ2n) is 19.0. The number of aliphatic hydroxyl groups excluding tert-OH is 5. The van der Waals surface area contributed by atoms with E-state index in [1.807, 2.05) is 12.2 Å². The largest absolute Gasteiger partial charge is 0.454 e. The van der Waals surface area contributed by atoms with Gasteiger partial charge in [-0.05, 0) is 70.6 Å². The molecule has 6 N–H and O–H groups in total. The summed E-state index contributed by atoms with van der Waals surface area (Å²) in [5.41, 5.74) is 0. The molecule has 1 heterocycles. The molecule has 8 atom stereocenters. The lowest BCUT2D eigenvalue weighted by atomic mass is 9.99. The average Bonchev–Trinajstić information content (AvgIpc) is 3.34. The molecule has 0 saturated carbocycles. The van der Waals surface area contributed by atoms with Gasteiger partial charge in [0, 0.05) is 6.42 Å².